The lowest BCUT2D eigenvalue weighted by Crippen LogP contribution is -2.45. The van der Waals surface area contributed by atoms with E-state index in [9.17, 15) is 4.79 Å². The van der Waals surface area contributed by atoms with Gasteiger partial charge < -0.3 is 4.90 Å². The minimum absolute atomic E-state index is 0.0505. The molecule has 4 rings (SSSR count). The van der Waals surface area contributed by atoms with Gasteiger partial charge in [0, 0.05) is 18.5 Å². The molecule has 1 aliphatic heterocycles. The molecule has 2 aromatic carbocycles. The van der Waals surface area contributed by atoms with Gasteiger partial charge in [0.1, 0.15) is 18.7 Å². The molecule has 1 amide bonds. The molecule has 0 saturated carbocycles. The second-order valence-corrected chi connectivity index (χ2v) is 7.16. The van der Waals surface area contributed by atoms with Crippen LogP contribution in [0.3, 0.4) is 0 Å². The summed E-state index contributed by atoms with van der Waals surface area (Å²) in [5.74, 6) is 0.235. The minimum atomic E-state index is -0.368. The molecular weight excluding hydrogens is 336 g/mol. The molecule has 0 aliphatic carbocycles. The standard InChI is InChI=1S/C22H24N4O/c1-16-21(19-9-4-3-5-10-19)20-11-7-6-8-18(20)12-13-25(16)22(27)17(2)26-15-23-14-24-26/h3-11,14-17,21H,12-13H2,1-2H3. The number of hydrogen-bond acceptors (Lipinski definition) is 3. The van der Waals surface area contributed by atoms with Crippen molar-refractivity contribution >= 4 is 5.91 Å². The summed E-state index contributed by atoms with van der Waals surface area (Å²) < 4.78 is 1.63. The van der Waals surface area contributed by atoms with Crippen LogP contribution in [0.4, 0.5) is 0 Å². The van der Waals surface area contributed by atoms with Gasteiger partial charge in [0.15, 0.2) is 0 Å². The van der Waals surface area contributed by atoms with Crippen LogP contribution in [0.15, 0.2) is 67.3 Å². The highest BCUT2D eigenvalue weighted by Gasteiger charge is 2.35. The van der Waals surface area contributed by atoms with Gasteiger partial charge in [0.2, 0.25) is 5.91 Å². The van der Waals surface area contributed by atoms with Gasteiger partial charge in [-0.15, -0.1) is 0 Å². The summed E-state index contributed by atoms with van der Waals surface area (Å²) in [5, 5.41) is 4.16. The molecule has 0 saturated heterocycles. The van der Waals surface area contributed by atoms with E-state index in [-0.39, 0.29) is 23.9 Å². The zero-order chi connectivity index (χ0) is 18.8. The number of nitrogens with zero attached hydrogens (tertiary/aromatic N) is 4. The van der Waals surface area contributed by atoms with Crippen molar-refractivity contribution in [2.45, 2.75) is 38.3 Å². The zero-order valence-electron chi connectivity index (χ0n) is 15.7. The number of aromatic nitrogens is 3. The number of amides is 1. The fourth-order valence-electron chi connectivity index (χ4n) is 4.15. The molecule has 5 heteroatoms. The minimum Gasteiger partial charge on any atom is -0.337 e. The van der Waals surface area contributed by atoms with Gasteiger partial charge in [0.05, 0.1) is 0 Å². The Bertz CT molecular complexity index is 907. The van der Waals surface area contributed by atoms with E-state index in [1.54, 1.807) is 11.0 Å². The predicted molar refractivity (Wildman–Crippen MR) is 104 cm³/mol. The molecule has 2 heterocycles. The molecule has 0 radical (unpaired) electrons. The molecule has 3 atom stereocenters. The lowest BCUT2D eigenvalue weighted by Gasteiger charge is -2.35. The molecule has 27 heavy (non-hydrogen) atoms. The maximum atomic E-state index is 13.3. The molecule has 3 unspecified atom stereocenters. The highest BCUT2D eigenvalue weighted by molar-refractivity contribution is 5.80. The summed E-state index contributed by atoms with van der Waals surface area (Å²) in [6.07, 6.45) is 3.94. The Morgan fingerprint density at radius 1 is 1.11 bits per heavy atom. The van der Waals surface area contributed by atoms with Crippen LogP contribution in [0, 0.1) is 0 Å². The first kappa shape index (κ1) is 17.5. The van der Waals surface area contributed by atoms with Gasteiger partial charge in [-0.1, -0.05) is 54.6 Å². The Morgan fingerprint density at radius 2 is 1.85 bits per heavy atom. The highest BCUT2D eigenvalue weighted by Crippen LogP contribution is 2.36. The highest BCUT2D eigenvalue weighted by atomic mass is 16.2. The number of hydrogen-bond donors (Lipinski definition) is 0. The van der Waals surface area contributed by atoms with E-state index < -0.39 is 0 Å². The van der Waals surface area contributed by atoms with E-state index in [0.717, 1.165) is 6.42 Å². The Balaban J connectivity index is 1.73. The van der Waals surface area contributed by atoms with Crippen LogP contribution in [-0.2, 0) is 11.2 Å². The van der Waals surface area contributed by atoms with Crippen molar-refractivity contribution in [1.29, 1.82) is 0 Å². The second-order valence-electron chi connectivity index (χ2n) is 7.16. The number of carbonyl (C=O) groups is 1. The summed E-state index contributed by atoms with van der Waals surface area (Å²) in [6.45, 7) is 4.75. The second kappa shape index (κ2) is 7.35. The predicted octanol–water partition coefficient (Wildman–Crippen LogP) is 3.44. The lowest BCUT2D eigenvalue weighted by atomic mass is 9.83. The summed E-state index contributed by atoms with van der Waals surface area (Å²) in [5.41, 5.74) is 3.88. The van der Waals surface area contributed by atoms with Crippen LogP contribution in [0.2, 0.25) is 0 Å². The smallest absolute Gasteiger partial charge is 0.247 e. The molecule has 1 aromatic heterocycles. The third-order valence-electron chi connectivity index (χ3n) is 5.62. The van der Waals surface area contributed by atoms with Gasteiger partial charge in [-0.2, -0.15) is 5.10 Å². The van der Waals surface area contributed by atoms with Gasteiger partial charge in [-0.25, -0.2) is 9.67 Å². The van der Waals surface area contributed by atoms with Crippen LogP contribution in [-0.4, -0.2) is 38.2 Å². The normalized spacial score (nSPS) is 20.6. The Morgan fingerprint density at radius 3 is 2.59 bits per heavy atom. The molecule has 138 valence electrons. The summed E-state index contributed by atoms with van der Waals surface area (Å²) in [4.78, 5) is 19.3. The van der Waals surface area contributed by atoms with Crippen LogP contribution >= 0.6 is 0 Å². The molecule has 1 aliphatic rings. The van der Waals surface area contributed by atoms with E-state index >= 15 is 0 Å². The van der Waals surface area contributed by atoms with Crippen LogP contribution in [0.1, 0.15) is 42.5 Å². The third-order valence-corrected chi connectivity index (χ3v) is 5.62. The fourth-order valence-corrected chi connectivity index (χ4v) is 4.15. The van der Waals surface area contributed by atoms with Gasteiger partial charge in [-0.05, 0) is 37.0 Å². The lowest BCUT2D eigenvalue weighted by molar-refractivity contribution is -0.136. The van der Waals surface area contributed by atoms with Gasteiger partial charge >= 0.3 is 0 Å². The molecule has 0 N–H and O–H groups in total. The van der Waals surface area contributed by atoms with Crippen molar-refractivity contribution < 1.29 is 4.79 Å². The summed E-state index contributed by atoms with van der Waals surface area (Å²) in [7, 11) is 0. The largest absolute Gasteiger partial charge is 0.337 e. The van der Waals surface area contributed by atoms with E-state index in [1.165, 1.54) is 23.0 Å². The Kier molecular flexibility index (Phi) is 4.75. The monoisotopic (exact) mass is 360 g/mol. The SMILES string of the molecule is CC1C(c2ccccc2)c2ccccc2CCN1C(=O)C(C)n1cncn1. The average molecular weight is 360 g/mol. The van der Waals surface area contributed by atoms with Crippen molar-refractivity contribution in [3.63, 3.8) is 0 Å². The molecular formula is C22H24N4O. The van der Waals surface area contributed by atoms with Crippen LogP contribution in [0.5, 0.6) is 0 Å². The van der Waals surface area contributed by atoms with Crippen LogP contribution in [0.25, 0.3) is 0 Å². The van der Waals surface area contributed by atoms with Crippen molar-refractivity contribution in [2.24, 2.45) is 0 Å². The number of fused-ring (bicyclic) bond motifs is 1. The molecule has 0 fully saturated rings. The van der Waals surface area contributed by atoms with Gasteiger partial charge in [-0.3, -0.25) is 4.79 Å². The van der Waals surface area contributed by atoms with Crippen molar-refractivity contribution in [2.75, 3.05) is 6.54 Å². The number of carbonyl (C=O) groups excluding carboxylic acids is 1. The van der Waals surface area contributed by atoms with E-state index in [2.05, 4.69) is 65.5 Å². The molecule has 3 aromatic rings. The first-order chi connectivity index (χ1) is 13.2. The number of rotatable bonds is 3. The number of benzene rings is 2. The first-order valence-corrected chi connectivity index (χ1v) is 9.44. The maximum Gasteiger partial charge on any atom is 0.247 e. The van der Waals surface area contributed by atoms with E-state index in [0.29, 0.717) is 6.54 Å². The average Bonchev–Trinajstić information content (AvgIpc) is 3.19. The molecule has 0 spiro atoms. The Labute approximate surface area is 159 Å². The summed E-state index contributed by atoms with van der Waals surface area (Å²) in [6, 6.07) is 18.7. The van der Waals surface area contributed by atoms with E-state index in [1.807, 2.05) is 17.9 Å². The van der Waals surface area contributed by atoms with Crippen LogP contribution < -0.4 is 0 Å². The Hall–Kier alpha value is -2.95. The van der Waals surface area contributed by atoms with Crippen molar-refractivity contribution in [3.05, 3.63) is 83.9 Å². The maximum absolute atomic E-state index is 13.3. The summed E-state index contributed by atoms with van der Waals surface area (Å²) >= 11 is 0. The molecule has 0 bridgehead atoms. The van der Waals surface area contributed by atoms with E-state index in [4.69, 9.17) is 0 Å². The van der Waals surface area contributed by atoms with Gasteiger partial charge in [0.25, 0.3) is 0 Å². The quantitative estimate of drug-likeness (QED) is 0.719. The zero-order valence-corrected chi connectivity index (χ0v) is 15.7. The first-order valence-electron chi connectivity index (χ1n) is 9.44. The molecule has 5 nitrogen and oxygen atoms in total. The fraction of sp³-hybridized carbons (Fsp3) is 0.318. The van der Waals surface area contributed by atoms with Crippen molar-refractivity contribution in [1.82, 2.24) is 19.7 Å². The van der Waals surface area contributed by atoms with Crippen molar-refractivity contribution in [3.8, 4) is 0 Å². The topological polar surface area (TPSA) is 51.0 Å². The third kappa shape index (κ3) is 3.25.